The molecule has 1 N–H and O–H groups in total. The van der Waals surface area contributed by atoms with Gasteiger partial charge in [0.25, 0.3) is 0 Å². The summed E-state index contributed by atoms with van der Waals surface area (Å²) in [6, 6.07) is 17.5. The first kappa shape index (κ1) is 18.1. The van der Waals surface area contributed by atoms with E-state index in [2.05, 4.69) is 28.9 Å². The van der Waals surface area contributed by atoms with Crippen molar-refractivity contribution in [2.45, 2.75) is 32.8 Å². The highest BCUT2D eigenvalue weighted by Crippen LogP contribution is 2.26. The molecule has 0 saturated carbocycles. The molecule has 5 nitrogen and oxygen atoms in total. The number of benzene rings is 2. The molecule has 0 spiro atoms. The molecule has 0 fully saturated rings. The van der Waals surface area contributed by atoms with Crippen LogP contribution in [0.2, 0.25) is 0 Å². The Kier molecular flexibility index (Phi) is 6.02. The molecule has 0 aliphatic carbocycles. The van der Waals surface area contributed by atoms with E-state index < -0.39 is 6.10 Å². The van der Waals surface area contributed by atoms with Crippen LogP contribution in [0.5, 0.6) is 0 Å². The standard InChI is InChI=1S/C21H25N3O2/c1-3-14-24(15-4-2)18-12-10-16(11-13-18)19(25)21-23-22-20(26-21)17-8-6-5-7-9-17/h5-13,19,25H,3-4,14-15H2,1-2H3/t19-/m1/s1. The van der Waals surface area contributed by atoms with E-state index in [-0.39, 0.29) is 5.89 Å². The van der Waals surface area contributed by atoms with E-state index in [4.69, 9.17) is 4.42 Å². The molecule has 0 bridgehead atoms. The van der Waals surface area contributed by atoms with E-state index in [0.717, 1.165) is 37.1 Å². The Morgan fingerprint density at radius 1 is 0.923 bits per heavy atom. The van der Waals surface area contributed by atoms with Crippen molar-refractivity contribution in [3.05, 3.63) is 66.1 Å². The van der Waals surface area contributed by atoms with Crippen LogP contribution < -0.4 is 4.90 Å². The number of anilines is 1. The quantitative estimate of drug-likeness (QED) is 0.650. The molecule has 3 rings (SSSR count). The van der Waals surface area contributed by atoms with Gasteiger partial charge in [-0.1, -0.05) is 44.2 Å². The summed E-state index contributed by atoms with van der Waals surface area (Å²) < 4.78 is 5.66. The van der Waals surface area contributed by atoms with Crippen molar-refractivity contribution in [1.82, 2.24) is 10.2 Å². The maximum atomic E-state index is 10.6. The minimum Gasteiger partial charge on any atom is -0.417 e. The first-order valence-corrected chi connectivity index (χ1v) is 9.14. The molecular formula is C21H25N3O2. The van der Waals surface area contributed by atoms with Crippen LogP contribution in [-0.4, -0.2) is 28.4 Å². The highest BCUT2D eigenvalue weighted by Gasteiger charge is 2.19. The molecule has 2 aromatic carbocycles. The lowest BCUT2D eigenvalue weighted by atomic mass is 10.1. The lowest BCUT2D eigenvalue weighted by Gasteiger charge is -2.24. The second kappa shape index (κ2) is 8.63. The predicted octanol–water partition coefficient (Wildman–Crippen LogP) is 4.44. The average molecular weight is 351 g/mol. The minimum absolute atomic E-state index is 0.204. The topological polar surface area (TPSA) is 62.4 Å². The Morgan fingerprint density at radius 3 is 2.19 bits per heavy atom. The van der Waals surface area contributed by atoms with E-state index in [1.165, 1.54) is 5.69 Å². The number of hydrogen-bond acceptors (Lipinski definition) is 5. The normalized spacial score (nSPS) is 12.1. The third-order valence-electron chi connectivity index (χ3n) is 4.26. The Labute approximate surface area is 154 Å². The molecule has 1 atom stereocenters. The fraction of sp³-hybridized carbons (Fsp3) is 0.333. The van der Waals surface area contributed by atoms with Gasteiger partial charge in [-0.2, -0.15) is 0 Å². The minimum atomic E-state index is -0.931. The summed E-state index contributed by atoms with van der Waals surface area (Å²) in [4.78, 5) is 2.36. The molecule has 0 aliphatic rings. The van der Waals surface area contributed by atoms with Crippen molar-refractivity contribution < 1.29 is 9.52 Å². The third-order valence-corrected chi connectivity index (χ3v) is 4.26. The zero-order valence-corrected chi connectivity index (χ0v) is 15.3. The first-order chi connectivity index (χ1) is 12.7. The number of rotatable bonds is 8. The molecule has 1 heterocycles. The maximum absolute atomic E-state index is 10.6. The Hall–Kier alpha value is -2.66. The summed E-state index contributed by atoms with van der Waals surface area (Å²) in [6.07, 6.45) is 1.28. The molecule has 0 amide bonds. The Bertz CT molecular complexity index is 794. The number of aliphatic hydroxyl groups is 1. The van der Waals surface area contributed by atoms with Gasteiger partial charge in [-0.15, -0.1) is 10.2 Å². The SMILES string of the molecule is CCCN(CCC)c1ccc([C@@H](O)c2nnc(-c3ccccc3)o2)cc1. The molecule has 136 valence electrons. The van der Waals surface area contributed by atoms with Gasteiger partial charge in [0, 0.05) is 24.3 Å². The van der Waals surface area contributed by atoms with Gasteiger partial charge in [-0.3, -0.25) is 0 Å². The molecule has 0 aliphatic heterocycles. The zero-order valence-electron chi connectivity index (χ0n) is 15.3. The van der Waals surface area contributed by atoms with E-state index in [9.17, 15) is 5.11 Å². The van der Waals surface area contributed by atoms with Crippen LogP contribution in [-0.2, 0) is 0 Å². The van der Waals surface area contributed by atoms with Gasteiger partial charge in [-0.05, 0) is 42.7 Å². The van der Waals surface area contributed by atoms with Crippen LogP contribution in [0.1, 0.15) is 44.2 Å². The molecule has 26 heavy (non-hydrogen) atoms. The van der Waals surface area contributed by atoms with Gasteiger partial charge < -0.3 is 14.4 Å². The molecule has 0 unspecified atom stereocenters. The van der Waals surface area contributed by atoms with E-state index in [1.807, 2.05) is 54.6 Å². The highest BCUT2D eigenvalue weighted by atomic mass is 16.4. The van der Waals surface area contributed by atoms with Crippen molar-refractivity contribution in [1.29, 1.82) is 0 Å². The van der Waals surface area contributed by atoms with Gasteiger partial charge in [0.2, 0.25) is 11.8 Å². The van der Waals surface area contributed by atoms with Crippen LogP contribution in [0.15, 0.2) is 59.0 Å². The third kappa shape index (κ3) is 4.11. The molecular weight excluding hydrogens is 326 g/mol. The Morgan fingerprint density at radius 2 is 1.58 bits per heavy atom. The van der Waals surface area contributed by atoms with Crippen molar-refractivity contribution in [2.24, 2.45) is 0 Å². The van der Waals surface area contributed by atoms with Crippen molar-refractivity contribution in [3.63, 3.8) is 0 Å². The lowest BCUT2D eigenvalue weighted by Crippen LogP contribution is -2.24. The highest BCUT2D eigenvalue weighted by molar-refractivity contribution is 5.52. The summed E-state index contributed by atoms with van der Waals surface area (Å²) in [5.41, 5.74) is 2.74. The average Bonchev–Trinajstić information content (AvgIpc) is 3.18. The predicted molar refractivity (Wildman–Crippen MR) is 103 cm³/mol. The second-order valence-electron chi connectivity index (χ2n) is 6.29. The largest absolute Gasteiger partial charge is 0.417 e. The molecule has 1 aromatic heterocycles. The second-order valence-corrected chi connectivity index (χ2v) is 6.29. The van der Waals surface area contributed by atoms with Crippen molar-refractivity contribution >= 4 is 5.69 Å². The summed E-state index contributed by atoms with van der Waals surface area (Å²) in [5.74, 6) is 0.615. The number of hydrogen-bond donors (Lipinski definition) is 1. The van der Waals surface area contributed by atoms with Gasteiger partial charge >= 0.3 is 0 Å². The Balaban J connectivity index is 1.76. The summed E-state index contributed by atoms with van der Waals surface area (Å²) in [6.45, 7) is 6.42. The summed E-state index contributed by atoms with van der Waals surface area (Å²) >= 11 is 0. The maximum Gasteiger partial charge on any atom is 0.249 e. The molecule has 0 radical (unpaired) electrons. The van der Waals surface area contributed by atoms with Gasteiger partial charge in [0.05, 0.1) is 0 Å². The van der Waals surface area contributed by atoms with Crippen LogP contribution in [0, 0.1) is 0 Å². The van der Waals surface area contributed by atoms with Crippen LogP contribution in [0.3, 0.4) is 0 Å². The van der Waals surface area contributed by atoms with E-state index >= 15 is 0 Å². The fourth-order valence-corrected chi connectivity index (χ4v) is 2.96. The molecule has 0 saturated heterocycles. The molecule has 3 aromatic rings. The van der Waals surface area contributed by atoms with Crippen molar-refractivity contribution in [2.75, 3.05) is 18.0 Å². The summed E-state index contributed by atoms with van der Waals surface area (Å²) in [5, 5.41) is 18.6. The van der Waals surface area contributed by atoms with Gasteiger partial charge in [-0.25, -0.2) is 0 Å². The van der Waals surface area contributed by atoms with Gasteiger partial charge in [0.1, 0.15) is 0 Å². The van der Waals surface area contributed by atoms with E-state index in [1.54, 1.807) is 0 Å². The van der Waals surface area contributed by atoms with Crippen LogP contribution >= 0.6 is 0 Å². The molecule has 5 heteroatoms. The lowest BCUT2D eigenvalue weighted by molar-refractivity contribution is 0.183. The smallest absolute Gasteiger partial charge is 0.249 e. The fourth-order valence-electron chi connectivity index (χ4n) is 2.96. The monoisotopic (exact) mass is 351 g/mol. The van der Waals surface area contributed by atoms with Crippen molar-refractivity contribution in [3.8, 4) is 11.5 Å². The zero-order chi connectivity index (χ0) is 18.4. The van der Waals surface area contributed by atoms with E-state index in [0.29, 0.717) is 5.89 Å². The summed E-state index contributed by atoms with van der Waals surface area (Å²) in [7, 11) is 0. The number of aromatic nitrogens is 2. The van der Waals surface area contributed by atoms with Crippen LogP contribution in [0.4, 0.5) is 5.69 Å². The van der Waals surface area contributed by atoms with Crippen LogP contribution in [0.25, 0.3) is 11.5 Å². The number of aliphatic hydroxyl groups excluding tert-OH is 1. The first-order valence-electron chi connectivity index (χ1n) is 9.14. The van der Waals surface area contributed by atoms with Gasteiger partial charge in [0.15, 0.2) is 6.10 Å². The number of nitrogens with zero attached hydrogens (tertiary/aromatic N) is 3.